The van der Waals surface area contributed by atoms with Crippen LogP contribution in [-0.4, -0.2) is 30.3 Å². The van der Waals surface area contributed by atoms with Gasteiger partial charge in [0.15, 0.2) is 0 Å². The van der Waals surface area contributed by atoms with E-state index in [0.29, 0.717) is 30.8 Å². The molecule has 0 aromatic heterocycles. The summed E-state index contributed by atoms with van der Waals surface area (Å²) in [5.41, 5.74) is 1.78. The number of ether oxygens (including phenoxy) is 3. The van der Waals surface area contributed by atoms with Gasteiger partial charge in [0, 0.05) is 0 Å². The van der Waals surface area contributed by atoms with E-state index in [0.717, 1.165) is 36.8 Å². The van der Waals surface area contributed by atoms with E-state index in [1.54, 1.807) is 18.2 Å². The van der Waals surface area contributed by atoms with Crippen LogP contribution >= 0.6 is 0 Å². The molecule has 1 saturated carbocycles. The lowest BCUT2D eigenvalue weighted by Gasteiger charge is -2.33. The van der Waals surface area contributed by atoms with Gasteiger partial charge in [-0.3, -0.25) is 9.59 Å². The smallest absolute Gasteiger partial charge is 0.310 e. The van der Waals surface area contributed by atoms with Gasteiger partial charge in [0.05, 0.1) is 23.5 Å². The molecule has 5 heteroatoms. The first-order chi connectivity index (χ1) is 18.2. The quantitative estimate of drug-likeness (QED) is 0.137. The molecule has 5 nitrogen and oxygen atoms in total. The lowest BCUT2D eigenvalue weighted by Crippen LogP contribution is -2.37. The summed E-state index contributed by atoms with van der Waals surface area (Å²) in [6, 6.07) is 9.63. The van der Waals surface area contributed by atoms with Crippen molar-refractivity contribution in [3.63, 3.8) is 0 Å². The molecule has 1 aromatic carbocycles. The highest BCUT2D eigenvalue weighted by atomic mass is 16.6. The Bertz CT molecular complexity index is 963. The number of esters is 2. The Morgan fingerprint density at radius 2 is 1.76 bits per heavy atom. The third-order valence-corrected chi connectivity index (χ3v) is 8.16. The molecule has 1 heterocycles. The van der Waals surface area contributed by atoms with Crippen molar-refractivity contribution < 1.29 is 23.8 Å². The summed E-state index contributed by atoms with van der Waals surface area (Å²) >= 11 is 0. The minimum absolute atomic E-state index is 0.0676. The van der Waals surface area contributed by atoms with Gasteiger partial charge >= 0.3 is 11.9 Å². The van der Waals surface area contributed by atoms with E-state index >= 15 is 0 Å². The highest BCUT2D eigenvalue weighted by molar-refractivity contribution is 5.82. The first-order valence-electron chi connectivity index (χ1n) is 14.2. The Balaban J connectivity index is 1.53. The molecule has 5 atom stereocenters. The van der Waals surface area contributed by atoms with Crippen LogP contribution in [0.4, 0.5) is 0 Å². The van der Waals surface area contributed by atoms with Gasteiger partial charge in [-0.2, -0.15) is 0 Å². The highest BCUT2D eigenvalue weighted by Gasteiger charge is 2.47. The van der Waals surface area contributed by atoms with E-state index in [9.17, 15) is 9.59 Å². The fourth-order valence-electron chi connectivity index (χ4n) is 5.56. The first-order valence-corrected chi connectivity index (χ1v) is 14.2. The fraction of sp³-hybridized carbons (Fsp3) is 0.576. The molecule has 1 aliphatic heterocycles. The third kappa shape index (κ3) is 9.27. The summed E-state index contributed by atoms with van der Waals surface area (Å²) in [7, 11) is 0. The van der Waals surface area contributed by atoms with Gasteiger partial charge in [-0.15, -0.1) is 0 Å². The normalized spacial score (nSPS) is 25.2. The Morgan fingerprint density at radius 3 is 2.42 bits per heavy atom. The summed E-state index contributed by atoms with van der Waals surface area (Å²) in [5, 5.41) is 0. The van der Waals surface area contributed by atoms with Crippen molar-refractivity contribution in [1.29, 1.82) is 0 Å². The highest BCUT2D eigenvalue weighted by Crippen LogP contribution is 2.40. The van der Waals surface area contributed by atoms with Crippen molar-refractivity contribution in [3.8, 4) is 0 Å². The Labute approximate surface area is 229 Å². The van der Waals surface area contributed by atoms with Crippen LogP contribution in [0.1, 0.15) is 77.7 Å². The molecule has 0 N–H and O–H groups in total. The minimum Gasteiger partial charge on any atom is -0.461 e. The molecule has 1 aromatic rings. The number of benzene rings is 1. The van der Waals surface area contributed by atoms with Crippen molar-refractivity contribution >= 4 is 11.9 Å². The molecule has 2 aliphatic rings. The second-order valence-electron chi connectivity index (χ2n) is 11.6. The largest absolute Gasteiger partial charge is 0.461 e. The molecule has 0 spiro atoms. The average Bonchev–Trinajstić information content (AvgIpc) is 3.54. The molecule has 1 saturated heterocycles. The number of hydrogen-bond acceptors (Lipinski definition) is 5. The van der Waals surface area contributed by atoms with E-state index < -0.39 is 11.8 Å². The molecule has 3 rings (SSSR count). The van der Waals surface area contributed by atoms with Crippen LogP contribution in [0.3, 0.4) is 0 Å². The van der Waals surface area contributed by atoms with E-state index in [1.165, 1.54) is 12.8 Å². The summed E-state index contributed by atoms with van der Waals surface area (Å²) in [5.74, 6) is -0.523. The molecule has 0 amide bonds. The topological polar surface area (TPSA) is 65.1 Å². The molecule has 0 radical (unpaired) electrons. The third-order valence-electron chi connectivity index (χ3n) is 8.16. The van der Waals surface area contributed by atoms with Crippen molar-refractivity contribution in [3.05, 3.63) is 72.9 Å². The number of carbonyl (C=O) groups excluding carboxylic acids is 2. The number of rotatable bonds is 15. The number of allylic oxidation sites excluding steroid dienone is 2. The van der Waals surface area contributed by atoms with Gasteiger partial charge in [0.2, 0.25) is 0 Å². The zero-order chi connectivity index (χ0) is 27.5. The summed E-state index contributed by atoms with van der Waals surface area (Å²) in [6.45, 7) is 14.4. The molecule has 5 unspecified atom stereocenters. The second kappa shape index (κ2) is 14.5. The monoisotopic (exact) mass is 522 g/mol. The molecule has 2 fully saturated rings. The second-order valence-corrected chi connectivity index (χ2v) is 11.6. The lowest BCUT2D eigenvalue weighted by atomic mass is 9.72. The first kappa shape index (κ1) is 29.9. The SMILES string of the molecule is C=C/C=C(\C=C)COC(=O)C1CC(CCCC(C)CCC2OC2(C)C)CCC1C(=O)OCc1ccccc1. The molecular formula is C33H46O5. The van der Waals surface area contributed by atoms with Gasteiger partial charge in [-0.05, 0) is 68.9 Å². The molecular weight excluding hydrogens is 476 g/mol. The zero-order valence-corrected chi connectivity index (χ0v) is 23.5. The van der Waals surface area contributed by atoms with Crippen molar-refractivity contribution in [2.24, 2.45) is 23.7 Å². The number of carbonyl (C=O) groups is 2. The van der Waals surface area contributed by atoms with E-state index in [4.69, 9.17) is 14.2 Å². The van der Waals surface area contributed by atoms with Gasteiger partial charge in [-0.25, -0.2) is 0 Å². The van der Waals surface area contributed by atoms with Crippen molar-refractivity contribution in [2.75, 3.05) is 6.61 Å². The fourth-order valence-corrected chi connectivity index (χ4v) is 5.56. The van der Waals surface area contributed by atoms with Gasteiger partial charge in [0.25, 0.3) is 0 Å². The number of hydrogen-bond donors (Lipinski definition) is 0. The number of epoxide rings is 1. The van der Waals surface area contributed by atoms with Crippen LogP contribution in [-0.2, 0) is 30.4 Å². The Morgan fingerprint density at radius 1 is 1.05 bits per heavy atom. The molecule has 208 valence electrons. The predicted octanol–water partition coefficient (Wildman–Crippen LogP) is 7.37. The van der Waals surface area contributed by atoms with E-state index in [2.05, 4.69) is 33.9 Å². The molecule has 0 bridgehead atoms. The summed E-state index contributed by atoms with van der Waals surface area (Å²) in [4.78, 5) is 26.3. The van der Waals surface area contributed by atoms with Gasteiger partial charge in [0.1, 0.15) is 13.2 Å². The minimum atomic E-state index is -0.488. The van der Waals surface area contributed by atoms with Gasteiger partial charge < -0.3 is 14.2 Å². The van der Waals surface area contributed by atoms with Crippen LogP contribution in [0, 0.1) is 23.7 Å². The van der Waals surface area contributed by atoms with E-state index in [1.807, 2.05) is 30.3 Å². The van der Waals surface area contributed by atoms with Crippen molar-refractivity contribution in [2.45, 2.75) is 90.4 Å². The van der Waals surface area contributed by atoms with Crippen LogP contribution < -0.4 is 0 Å². The zero-order valence-electron chi connectivity index (χ0n) is 23.5. The molecule has 1 aliphatic carbocycles. The molecule has 38 heavy (non-hydrogen) atoms. The maximum absolute atomic E-state index is 13.2. The maximum Gasteiger partial charge on any atom is 0.310 e. The van der Waals surface area contributed by atoms with Crippen LogP contribution in [0.2, 0.25) is 0 Å². The predicted molar refractivity (Wildman–Crippen MR) is 151 cm³/mol. The standard InChI is InChI=1S/C33H46O5/c1-6-12-25(7-2)22-36-32(35)29-21-26(16-11-13-24(3)17-20-30-33(4,5)38-30)18-19-28(29)31(34)37-23-27-14-9-8-10-15-27/h6-10,12,14-15,24,26,28-30H,1-2,11,13,16-23H2,3-5H3/b25-12+. The van der Waals surface area contributed by atoms with Crippen LogP contribution in [0.25, 0.3) is 0 Å². The summed E-state index contributed by atoms with van der Waals surface area (Å²) < 4.78 is 17.0. The lowest BCUT2D eigenvalue weighted by molar-refractivity contribution is -0.164. The Kier molecular flexibility index (Phi) is 11.4. The van der Waals surface area contributed by atoms with Crippen molar-refractivity contribution in [1.82, 2.24) is 0 Å². The van der Waals surface area contributed by atoms with E-state index in [-0.39, 0.29) is 30.8 Å². The summed E-state index contributed by atoms with van der Waals surface area (Å²) in [6.07, 6.45) is 13.4. The average molecular weight is 523 g/mol. The van der Waals surface area contributed by atoms with Crippen LogP contribution in [0.15, 0.2) is 67.3 Å². The van der Waals surface area contributed by atoms with Gasteiger partial charge in [-0.1, -0.05) is 87.9 Å². The Hall–Kier alpha value is -2.66. The van der Waals surface area contributed by atoms with Crippen LogP contribution in [0.5, 0.6) is 0 Å². The maximum atomic E-state index is 13.2.